The summed E-state index contributed by atoms with van der Waals surface area (Å²) in [7, 11) is 0. The molecule has 5 aromatic rings. The van der Waals surface area contributed by atoms with Crippen LogP contribution in [-0.4, -0.2) is 9.97 Å². The van der Waals surface area contributed by atoms with E-state index in [2.05, 4.69) is 47.4 Å². The molecule has 1 N–H and O–H groups in total. The summed E-state index contributed by atoms with van der Waals surface area (Å²) in [5, 5.41) is 3.71. The van der Waals surface area contributed by atoms with E-state index >= 15 is 0 Å². The van der Waals surface area contributed by atoms with E-state index in [0.29, 0.717) is 0 Å². The van der Waals surface area contributed by atoms with Crippen LogP contribution in [0.25, 0.3) is 42.1 Å². The molecule has 0 bridgehead atoms. The number of H-pyrrole nitrogens is 1. The van der Waals surface area contributed by atoms with Crippen molar-refractivity contribution in [2.24, 2.45) is 0 Å². The molecule has 0 aliphatic carbocycles. The van der Waals surface area contributed by atoms with Gasteiger partial charge in [0.25, 0.3) is 0 Å². The van der Waals surface area contributed by atoms with Crippen molar-refractivity contribution in [3.05, 3.63) is 54.7 Å². The van der Waals surface area contributed by atoms with Crippen molar-refractivity contribution in [2.75, 3.05) is 0 Å². The second-order valence-electron chi connectivity index (χ2n) is 4.98. The molecule has 0 atom stereocenters. The Kier molecular flexibility index (Phi) is 1.86. The van der Waals surface area contributed by atoms with E-state index in [1.165, 1.54) is 25.6 Å². The molecule has 0 spiro atoms. The van der Waals surface area contributed by atoms with Gasteiger partial charge >= 0.3 is 0 Å². The highest BCUT2D eigenvalue weighted by molar-refractivity contribution is 7.26. The van der Waals surface area contributed by atoms with Gasteiger partial charge in [0, 0.05) is 32.6 Å². The Morgan fingerprint density at radius 3 is 2.70 bits per heavy atom. The zero-order valence-electron chi connectivity index (χ0n) is 10.6. The highest BCUT2D eigenvalue weighted by atomic mass is 32.1. The summed E-state index contributed by atoms with van der Waals surface area (Å²) in [6.07, 6.45) is 1.95. The summed E-state index contributed by atoms with van der Waals surface area (Å²) in [6, 6.07) is 17.0. The van der Waals surface area contributed by atoms with Crippen molar-refractivity contribution in [2.45, 2.75) is 0 Å². The Labute approximate surface area is 118 Å². The number of pyridine rings is 1. The summed E-state index contributed by atoms with van der Waals surface area (Å²) in [4.78, 5) is 8.20. The Hall–Kier alpha value is -2.39. The van der Waals surface area contributed by atoms with Gasteiger partial charge in [-0.15, -0.1) is 11.3 Å². The van der Waals surface area contributed by atoms with Crippen LogP contribution in [0.1, 0.15) is 0 Å². The van der Waals surface area contributed by atoms with Crippen LogP contribution >= 0.6 is 11.3 Å². The lowest BCUT2D eigenvalue weighted by molar-refractivity contribution is 1.42. The molecule has 0 aliphatic rings. The molecule has 2 aromatic carbocycles. The number of fused-ring (bicyclic) bond motifs is 7. The molecule has 5 rings (SSSR count). The highest BCUT2D eigenvalue weighted by Gasteiger charge is 2.13. The lowest BCUT2D eigenvalue weighted by Gasteiger charge is -1.98. The first kappa shape index (κ1) is 10.4. The lowest BCUT2D eigenvalue weighted by Crippen LogP contribution is -1.78. The second kappa shape index (κ2) is 3.58. The van der Waals surface area contributed by atoms with Gasteiger partial charge in [0.1, 0.15) is 0 Å². The molecule has 0 unspecified atom stereocenters. The fourth-order valence-corrected chi connectivity index (χ4v) is 4.09. The van der Waals surface area contributed by atoms with E-state index < -0.39 is 0 Å². The minimum atomic E-state index is 1.10. The molecule has 20 heavy (non-hydrogen) atoms. The van der Waals surface area contributed by atoms with E-state index in [1.807, 2.05) is 23.6 Å². The van der Waals surface area contributed by atoms with Crippen LogP contribution in [0, 0.1) is 0 Å². The average Bonchev–Trinajstić information content (AvgIpc) is 3.03. The maximum Gasteiger partial charge on any atom is 0.0903 e. The van der Waals surface area contributed by atoms with Crippen LogP contribution in [0.5, 0.6) is 0 Å². The predicted octanol–water partition coefficient (Wildman–Crippen LogP) is 5.08. The summed E-state index contributed by atoms with van der Waals surface area (Å²) >= 11 is 1.83. The van der Waals surface area contributed by atoms with E-state index in [0.717, 1.165) is 16.6 Å². The van der Waals surface area contributed by atoms with Crippen LogP contribution in [0.15, 0.2) is 54.7 Å². The van der Waals surface area contributed by atoms with Crippen molar-refractivity contribution in [1.82, 2.24) is 9.97 Å². The maximum atomic E-state index is 4.92. The molecule has 0 radical (unpaired) electrons. The number of benzene rings is 2. The SMILES string of the molecule is c1ccc2c(c1)sc1c3ccc4[nH]cccc4c3nc21. The first-order valence-electron chi connectivity index (χ1n) is 6.59. The minimum absolute atomic E-state index is 1.10. The largest absolute Gasteiger partial charge is 0.361 e. The first-order chi connectivity index (χ1) is 9.92. The molecule has 0 aliphatic heterocycles. The third-order valence-corrected chi connectivity index (χ3v) is 5.05. The molecule has 0 saturated carbocycles. The Balaban J connectivity index is 2.08. The number of nitrogens with zero attached hydrogens (tertiary/aromatic N) is 1. The molecule has 2 nitrogen and oxygen atoms in total. The first-order valence-corrected chi connectivity index (χ1v) is 7.40. The van der Waals surface area contributed by atoms with Gasteiger partial charge in [-0.2, -0.15) is 0 Å². The number of hydrogen-bond acceptors (Lipinski definition) is 2. The van der Waals surface area contributed by atoms with Gasteiger partial charge in [-0.3, -0.25) is 0 Å². The summed E-state index contributed by atoms with van der Waals surface area (Å²) in [5.74, 6) is 0. The minimum Gasteiger partial charge on any atom is -0.361 e. The molecule has 0 saturated heterocycles. The number of thiophene rings is 1. The van der Waals surface area contributed by atoms with E-state index in [-0.39, 0.29) is 0 Å². The highest BCUT2D eigenvalue weighted by Crippen LogP contribution is 2.39. The summed E-state index contributed by atoms with van der Waals surface area (Å²) < 4.78 is 2.61. The lowest BCUT2D eigenvalue weighted by atomic mass is 10.1. The third-order valence-electron chi connectivity index (χ3n) is 3.85. The molecule has 3 heterocycles. The number of rotatable bonds is 0. The van der Waals surface area contributed by atoms with Crippen LogP contribution in [-0.2, 0) is 0 Å². The number of aromatic amines is 1. The fraction of sp³-hybridized carbons (Fsp3) is 0. The third kappa shape index (κ3) is 1.20. The van der Waals surface area contributed by atoms with E-state index in [4.69, 9.17) is 4.98 Å². The molecule has 3 aromatic heterocycles. The van der Waals surface area contributed by atoms with Gasteiger partial charge in [-0.05, 0) is 30.3 Å². The standard InChI is InChI=1S/C17H10N2S/c1-2-6-14-11(4-1)16-17(20-14)12-7-8-13-10(15(12)19-16)5-3-9-18-13/h1-9,18H. The van der Waals surface area contributed by atoms with Gasteiger partial charge in [0.2, 0.25) is 0 Å². The number of nitrogens with one attached hydrogen (secondary N) is 1. The zero-order chi connectivity index (χ0) is 13.1. The molecular formula is C17H10N2S. The van der Waals surface area contributed by atoms with Crippen LogP contribution in [0.4, 0.5) is 0 Å². The topological polar surface area (TPSA) is 28.7 Å². The predicted molar refractivity (Wildman–Crippen MR) is 86.5 cm³/mol. The molecule has 0 amide bonds. The maximum absolute atomic E-state index is 4.92. The normalized spacial score (nSPS) is 12.0. The van der Waals surface area contributed by atoms with Crippen LogP contribution in [0.3, 0.4) is 0 Å². The quantitative estimate of drug-likeness (QED) is 0.419. The van der Waals surface area contributed by atoms with Crippen molar-refractivity contribution in [1.29, 1.82) is 0 Å². The van der Waals surface area contributed by atoms with Gasteiger partial charge in [-0.25, -0.2) is 4.98 Å². The van der Waals surface area contributed by atoms with Crippen LogP contribution < -0.4 is 0 Å². The van der Waals surface area contributed by atoms with Gasteiger partial charge in [-0.1, -0.05) is 18.2 Å². The fourth-order valence-electron chi connectivity index (χ4n) is 2.93. The smallest absolute Gasteiger partial charge is 0.0903 e. The van der Waals surface area contributed by atoms with Crippen LogP contribution in [0.2, 0.25) is 0 Å². The van der Waals surface area contributed by atoms with E-state index in [9.17, 15) is 0 Å². The van der Waals surface area contributed by atoms with Gasteiger partial charge in [0.05, 0.1) is 15.7 Å². The van der Waals surface area contributed by atoms with Crippen molar-refractivity contribution >= 4 is 53.4 Å². The van der Waals surface area contributed by atoms with Crippen molar-refractivity contribution in [3.63, 3.8) is 0 Å². The Bertz CT molecular complexity index is 1100. The molecule has 94 valence electrons. The van der Waals surface area contributed by atoms with Gasteiger partial charge < -0.3 is 4.98 Å². The Morgan fingerprint density at radius 1 is 0.800 bits per heavy atom. The van der Waals surface area contributed by atoms with E-state index in [1.54, 1.807) is 0 Å². The number of aromatic nitrogens is 2. The molecule has 0 fully saturated rings. The van der Waals surface area contributed by atoms with Gasteiger partial charge in [0.15, 0.2) is 0 Å². The number of hydrogen-bond donors (Lipinski definition) is 1. The molecule has 3 heteroatoms. The molecular weight excluding hydrogens is 264 g/mol. The average molecular weight is 274 g/mol. The van der Waals surface area contributed by atoms with Crippen molar-refractivity contribution < 1.29 is 0 Å². The Morgan fingerprint density at radius 2 is 1.70 bits per heavy atom. The summed E-state index contributed by atoms with van der Waals surface area (Å²) in [6.45, 7) is 0. The zero-order valence-corrected chi connectivity index (χ0v) is 11.4. The summed E-state index contributed by atoms with van der Waals surface area (Å²) in [5.41, 5.74) is 3.37. The van der Waals surface area contributed by atoms with Crippen molar-refractivity contribution in [3.8, 4) is 0 Å². The second-order valence-corrected chi connectivity index (χ2v) is 6.03. The monoisotopic (exact) mass is 274 g/mol.